The number of nitrogens with zero attached hydrogens (tertiary/aromatic N) is 4. The van der Waals surface area contributed by atoms with Gasteiger partial charge in [-0.25, -0.2) is 4.98 Å². The standard InChI is InChI=1S/C18H23N5O2/c1-22(2)17(14-4-3-7-19-12-14)18(24)21-16-6-5-15(13-20-16)23-8-10-25-11-9-23/h3-7,12-13,17H,8-11H2,1-2H3,(H,20,21,24). The van der Waals surface area contributed by atoms with Crippen LogP contribution in [0.2, 0.25) is 0 Å². The van der Waals surface area contributed by atoms with Crippen LogP contribution in [0.15, 0.2) is 42.9 Å². The molecule has 1 aliphatic heterocycles. The van der Waals surface area contributed by atoms with E-state index in [1.165, 1.54) is 0 Å². The molecule has 0 saturated carbocycles. The van der Waals surface area contributed by atoms with E-state index in [0.717, 1.165) is 37.6 Å². The normalized spacial score (nSPS) is 15.9. The van der Waals surface area contributed by atoms with Crippen LogP contribution in [0.3, 0.4) is 0 Å². The topological polar surface area (TPSA) is 70.6 Å². The van der Waals surface area contributed by atoms with Gasteiger partial charge in [0.05, 0.1) is 25.1 Å². The van der Waals surface area contributed by atoms with Gasteiger partial charge in [0.15, 0.2) is 0 Å². The molecule has 0 spiro atoms. The Morgan fingerprint density at radius 3 is 2.64 bits per heavy atom. The number of nitrogens with one attached hydrogen (secondary N) is 1. The van der Waals surface area contributed by atoms with Crippen molar-refractivity contribution in [2.24, 2.45) is 0 Å². The zero-order valence-corrected chi connectivity index (χ0v) is 14.6. The molecule has 1 atom stereocenters. The highest BCUT2D eigenvalue weighted by Crippen LogP contribution is 2.20. The second-order valence-electron chi connectivity index (χ2n) is 6.14. The fraction of sp³-hybridized carbons (Fsp3) is 0.389. The van der Waals surface area contributed by atoms with Gasteiger partial charge in [-0.15, -0.1) is 0 Å². The zero-order chi connectivity index (χ0) is 17.6. The van der Waals surface area contributed by atoms with Gasteiger partial charge >= 0.3 is 0 Å². The number of carbonyl (C=O) groups excluding carboxylic acids is 1. The molecule has 132 valence electrons. The molecule has 2 aromatic rings. The number of rotatable bonds is 5. The van der Waals surface area contributed by atoms with Crippen LogP contribution in [0.1, 0.15) is 11.6 Å². The van der Waals surface area contributed by atoms with Gasteiger partial charge in [0.2, 0.25) is 5.91 Å². The summed E-state index contributed by atoms with van der Waals surface area (Å²) in [4.78, 5) is 25.3. The van der Waals surface area contributed by atoms with Crippen molar-refractivity contribution in [2.45, 2.75) is 6.04 Å². The third-order valence-corrected chi connectivity index (χ3v) is 4.14. The van der Waals surface area contributed by atoms with Crippen LogP contribution in [0.5, 0.6) is 0 Å². The number of amides is 1. The molecule has 1 amide bonds. The molecule has 1 saturated heterocycles. The number of likely N-dealkylation sites (N-methyl/N-ethyl adjacent to an activating group) is 1. The number of carbonyl (C=O) groups is 1. The number of morpholine rings is 1. The molecule has 0 aliphatic carbocycles. The lowest BCUT2D eigenvalue weighted by Gasteiger charge is -2.28. The summed E-state index contributed by atoms with van der Waals surface area (Å²) < 4.78 is 5.36. The lowest BCUT2D eigenvalue weighted by Crippen LogP contribution is -2.36. The quantitative estimate of drug-likeness (QED) is 0.890. The summed E-state index contributed by atoms with van der Waals surface area (Å²) in [5, 5.41) is 2.89. The van der Waals surface area contributed by atoms with Crippen LogP contribution < -0.4 is 10.2 Å². The Labute approximate surface area is 147 Å². The highest BCUT2D eigenvalue weighted by Gasteiger charge is 2.23. The number of hydrogen-bond donors (Lipinski definition) is 1. The molecule has 3 heterocycles. The molecule has 0 aromatic carbocycles. The van der Waals surface area contributed by atoms with Crippen LogP contribution in [0.4, 0.5) is 11.5 Å². The molecule has 0 bridgehead atoms. The predicted octanol–water partition coefficient (Wildman–Crippen LogP) is 1.55. The molecule has 1 aliphatic rings. The van der Waals surface area contributed by atoms with E-state index in [0.29, 0.717) is 5.82 Å². The molecule has 3 rings (SSSR count). The first-order chi connectivity index (χ1) is 12.1. The lowest BCUT2D eigenvalue weighted by atomic mass is 10.1. The van der Waals surface area contributed by atoms with E-state index in [4.69, 9.17) is 4.74 Å². The van der Waals surface area contributed by atoms with E-state index in [9.17, 15) is 4.79 Å². The second kappa shape index (κ2) is 8.04. The Morgan fingerprint density at radius 2 is 2.04 bits per heavy atom. The van der Waals surface area contributed by atoms with Crippen molar-refractivity contribution in [1.29, 1.82) is 0 Å². The summed E-state index contributed by atoms with van der Waals surface area (Å²) in [5.41, 5.74) is 1.88. The summed E-state index contributed by atoms with van der Waals surface area (Å²) in [6.07, 6.45) is 5.19. The highest BCUT2D eigenvalue weighted by molar-refractivity contribution is 5.94. The third kappa shape index (κ3) is 4.32. The number of aromatic nitrogens is 2. The van der Waals surface area contributed by atoms with Gasteiger partial charge < -0.3 is 15.0 Å². The minimum absolute atomic E-state index is 0.135. The van der Waals surface area contributed by atoms with Crippen molar-refractivity contribution in [2.75, 3.05) is 50.6 Å². The summed E-state index contributed by atoms with van der Waals surface area (Å²) in [6, 6.07) is 7.11. The van der Waals surface area contributed by atoms with Gasteiger partial charge in [0, 0.05) is 25.5 Å². The van der Waals surface area contributed by atoms with Gasteiger partial charge in [-0.3, -0.25) is 14.7 Å². The van der Waals surface area contributed by atoms with Gasteiger partial charge in [0.25, 0.3) is 0 Å². The fourth-order valence-electron chi connectivity index (χ4n) is 2.88. The smallest absolute Gasteiger partial charge is 0.247 e. The second-order valence-corrected chi connectivity index (χ2v) is 6.14. The van der Waals surface area contributed by atoms with Crippen molar-refractivity contribution < 1.29 is 9.53 Å². The summed E-state index contributed by atoms with van der Waals surface area (Å²) >= 11 is 0. The van der Waals surface area contributed by atoms with Gasteiger partial charge in [-0.1, -0.05) is 6.07 Å². The largest absolute Gasteiger partial charge is 0.378 e. The van der Waals surface area contributed by atoms with Crippen LogP contribution in [0, 0.1) is 0 Å². The van der Waals surface area contributed by atoms with Gasteiger partial charge in [-0.05, 0) is 37.9 Å². The van der Waals surface area contributed by atoms with Crippen LogP contribution in [0.25, 0.3) is 0 Å². The number of hydrogen-bond acceptors (Lipinski definition) is 6. The van der Waals surface area contributed by atoms with E-state index in [-0.39, 0.29) is 5.91 Å². The van der Waals surface area contributed by atoms with E-state index >= 15 is 0 Å². The third-order valence-electron chi connectivity index (χ3n) is 4.14. The van der Waals surface area contributed by atoms with Crippen molar-refractivity contribution >= 4 is 17.4 Å². The SMILES string of the molecule is CN(C)C(C(=O)Nc1ccc(N2CCOCC2)cn1)c1cccnc1. The molecule has 25 heavy (non-hydrogen) atoms. The van der Waals surface area contributed by atoms with Crippen molar-refractivity contribution in [3.63, 3.8) is 0 Å². The molecule has 1 unspecified atom stereocenters. The van der Waals surface area contributed by atoms with Crippen LogP contribution in [-0.4, -0.2) is 61.2 Å². The summed E-state index contributed by atoms with van der Waals surface area (Å²) in [7, 11) is 3.73. The van der Waals surface area contributed by atoms with E-state index in [1.807, 2.05) is 43.3 Å². The molecular formula is C18H23N5O2. The maximum atomic E-state index is 12.7. The molecule has 0 radical (unpaired) electrons. The van der Waals surface area contributed by atoms with Crippen LogP contribution in [-0.2, 0) is 9.53 Å². The minimum Gasteiger partial charge on any atom is -0.378 e. The summed E-state index contributed by atoms with van der Waals surface area (Å²) in [6.45, 7) is 3.18. The van der Waals surface area contributed by atoms with E-state index in [1.54, 1.807) is 18.6 Å². The molecule has 1 fully saturated rings. The summed E-state index contributed by atoms with van der Waals surface area (Å²) in [5.74, 6) is 0.405. The van der Waals surface area contributed by atoms with E-state index in [2.05, 4.69) is 20.2 Å². The zero-order valence-electron chi connectivity index (χ0n) is 14.6. The minimum atomic E-state index is -0.422. The molecule has 7 nitrogen and oxygen atoms in total. The number of anilines is 2. The molecular weight excluding hydrogens is 318 g/mol. The number of pyridine rings is 2. The Balaban J connectivity index is 1.69. The lowest BCUT2D eigenvalue weighted by molar-refractivity contribution is -0.120. The van der Waals surface area contributed by atoms with Gasteiger partial charge in [-0.2, -0.15) is 0 Å². The average Bonchev–Trinajstić information content (AvgIpc) is 2.64. The maximum absolute atomic E-state index is 12.7. The Morgan fingerprint density at radius 1 is 1.24 bits per heavy atom. The first kappa shape index (κ1) is 17.3. The van der Waals surface area contributed by atoms with Crippen molar-refractivity contribution in [1.82, 2.24) is 14.9 Å². The van der Waals surface area contributed by atoms with Gasteiger partial charge in [0.1, 0.15) is 11.9 Å². The molecule has 7 heteroatoms. The first-order valence-corrected chi connectivity index (χ1v) is 8.31. The highest BCUT2D eigenvalue weighted by atomic mass is 16.5. The Bertz CT molecular complexity index is 684. The average molecular weight is 341 g/mol. The first-order valence-electron chi connectivity index (χ1n) is 8.31. The predicted molar refractivity (Wildman–Crippen MR) is 96.6 cm³/mol. The van der Waals surface area contributed by atoms with Crippen molar-refractivity contribution in [3.05, 3.63) is 48.4 Å². The molecule has 1 N–H and O–H groups in total. The Kier molecular flexibility index (Phi) is 5.57. The fourth-order valence-corrected chi connectivity index (χ4v) is 2.88. The van der Waals surface area contributed by atoms with Crippen LogP contribution >= 0.6 is 0 Å². The number of ether oxygens (including phenoxy) is 1. The monoisotopic (exact) mass is 341 g/mol. The molecule has 2 aromatic heterocycles. The van der Waals surface area contributed by atoms with E-state index < -0.39 is 6.04 Å². The maximum Gasteiger partial charge on any atom is 0.247 e. The van der Waals surface area contributed by atoms with Crippen molar-refractivity contribution in [3.8, 4) is 0 Å². The Hall–Kier alpha value is -2.51.